The van der Waals surface area contributed by atoms with Gasteiger partial charge in [0.25, 0.3) is 5.91 Å². The number of carbonyl (C=O) groups is 1. The lowest BCUT2D eigenvalue weighted by molar-refractivity contribution is 0.102. The minimum atomic E-state index is -3.48. The second kappa shape index (κ2) is 8.59. The molecule has 1 amide bonds. The van der Waals surface area contributed by atoms with Crippen molar-refractivity contribution in [2.75, 3.05) is 36.6 Å². The van der Waals surface area contributed by atoms with Crippen LogP contribution in [-0.2, 0) is 10.0 Å². The predicted molar refractivity (Wildman–Crippen MR) is 106 cm³/mol. The molecular weight excluding hydrogens is 368 g/mol. The Morgan fingerprint density at radius 3 is 2.48 bits per heavy atom. The van der Waals surface area contributed by atoms with Crippen LogP contribution in [0, 0.1) is 0 Å². The molecule has 7 nitrogen and oxygen atoms in total. The standard InChI is InChI=1S/C19H22N2O5S/c1-5-12-21(27(4,23)24)15-9-6-8-14(13-15)20-19(22)16-10-7-11-17(25-2)18(16)26-3/h5-11,13H,1,12H2,2-4H3,(H,20,22). The zero-order valence-corrected chi connectivity index (χ0v) is 16.2. The molecule has 0 unspecified atom stereocenters. The van der Waals surface area contributed by atoms with Crippen LogP contribution in [0.3, 0.4) is 0 Å². The van der Waals surface area contributed by atoms with E-state index in [-0.39, 0.29) is 6.54 Å². The Morgan fingerprint density at radius 2 is 1.89 bits per heavy atom. The Morgan fingerprint density at radius 1 is 1.19 bits per heavy atom. The molecular formula is C19H22N2O5S. The number of para-hydroxylation sites is 1. The summed E-state index contributed by atoms with van der Waals surface area (Å²) in [4.78, 5) is 12.7. The van der Waals surface area contributed by atoms with Gasteiger partial charge in [-0.25, -0.2) is 8.42 Å². The van der Waals surface area contributed by atoms with Crippen molar-refractivity contribution in [3.05, 3.63) is 60.7 Å². The number of methoxy groups -OCH3 is 2. The molecule has 0 bridgehead atoms. The highest BCUT2D eigenvalue weighted by atomic mass is 32.2. The van der Waals surface area contributed by atoms with E-state index in [9.17, 15) is 13.2 Å². The molecule has 0 aliphatic carbocycles. The maximum absolute atomic E-state index is 12.7. The summed E-state index contributed by atoms with van der Waals surface area (Å²) >= 11 is 0. The van der Waals surface area contributed by atoms with Gasteiger partial charge in [-0.3, -0.25) is 9.10 Å². The number of amides is 1. The topological polar surface area (TPSA) is 84.9 Å². The number of carbonyl (C=O) groups excluding carboxylic acids is 1. The zero-order chi connectivity index (χ0) is 20.0. The molecule has 2 rings (SSSR count). The number of nitrogens with one attached hydrogen (secondary N) is 1. The second-order valence-corrected chi connectivity index (χ2v) is 7.54. The molecule has 0 atom stereocenters. The Kier molecular flexibility index (Phi) is 6.46. The van der Waals surface area contributed by atoms with Crippen molar-refractivity contribution >= 4 is 27.3 Å². The summed E-state index contributed by atoms with van der Waals surface area (Å²) in [5.74, 6) is 0.351. The number of hydrogen-bond donors (Lipinski definition) is 1. The molecule has 0 aliphatic rings. The van der Waals surface area contributed by atoms with Crippen LogP contribution in [0.4, 0.5) is 11.4 Å². The quantitative estimate of drug-likeness (QED) is 0.701. The average molecular weight is 390 g/mol. The zero-order valence-electron chi connectivity index (χ0n) is 15.4. The molecule has 27 heavy (non-hydrogen) atoms. The third kappa shape index (κ3) is 4.79. The van der Waals surface area contributed by atoms with Gasteiger partial charge >= 0.3 is 0 Å². The number of nitrogens with zero attached hydrogens (tertiary/aromatic N) is 1. The summed E-state index contributed by atoms with van der Waals surface area (Å²) in [5, 5.41) is 2.75. The summed E-state index contributed by atoms with van der Waals surface area (Å²) in [7, 11) is -0.543. The van der Waals surface area contributed by atoms with Gasteiger partial charge in [0.2, 0.25) is 10.0 Å². The molecule has 144 valence electrons. The highest BCUT2D eigenvalue weighted by Gasteiger charge is 2.19. The van der Waals surface area contributed by atoms with Crippen LogP contribution in [0.1, 0.15) is 10.4 Å². The van der Waals surface area contributed by atoms with Gasteiger partial charge in [0.05, 0.1) is 38.3 Å². The Hall–Kier alpha value is -3.00. The first-order valence-electron chi connectivity index (χ1n) is 8.02. The van der Waals surface area contributed by atoms with Crippen molar-refractivity contribution < 1.29 is 22.7 Å². The fourth-order valence-corrected chi connectivity index (χ4v) is 3.43. The first-order valence-corrected chi connectivity index (χ1v) is 9.87. The van der Waals surface area contributed by atoms with Crippen LogP contribution in [0.2, 0.25) is 0 Å². The largest absolute Gasteiger partial charge is 0.493 e. The van der Waals surface area contributed by atoms with Gasteiger partial charge < -0.3 is 14.8 Å². The van der Waals surface area contributed by atoms with E-state index < -0.39 is 15.9 Å². The molecule has 0 saturated carbocycles. The van der Waals surface area contributed by atoms with Gasteiger partial charge in [0.1, 0.15) is 0 Å². The maximum atomic E-state index is 12.7. The minimum absolute atomic E-state index is 0.125. The summed E-state index contributed by atoms with van der Waals surface area (Å²) in [6.45, 7) is 3.71. The van der Waals surface area contributed by atoms with Gasteiger partial charge in [0.15, 0.2) is 11.5 Å². The molecule has 0 aliphatic heterocycles. The fraction of sp³-hybridized carbons (Fsp3) is 0.211. The lowest BCUT2D eigenvalue weighted by atomic mass is 10.1. The fourth-order valence-electron chi connectivity index (χ4n) is 2.55. The molecule has 0 spiro atoms. The van der Waals surface area contributed by atoms with E-state index >= 15 is 0 Å². The van der Waals surface area contributed by atoms with E-state index in [4.69, 9.17) is 9.47 Å². The lowest BCUT2D eigenvalue weighted by Crippen LogP contribution is -2.29. The molecule has 8 heteroatoms. The monoisotopic (exact) mass is 390 g/mol. The Bertz CT molecular complexity index is 941. The number of hydrogen-bond acceptors (Lipinski definition) is 5. The minimum Gasteiger partial charge on any atom is -0.493 e. The molecule has 0 radical (unpaired) electrons. The average Bonchev–Trinajstić information content (AvgIpc) is 2.64. The van der Waals surface area contributed by atoms with E-state index in [0.717, 1.165) is 6.26 Å². The molecule has 0 heterocycles. The van der Waals surface area contributed by atoms with Gasteiger partial charge in [-0.1, -0.05) is 18.2 Å². The predicted octanol–water partition coefficient (Wildman–Crippen LogP) is 2.91. The Labute approximate surface area is 159 Å². The number of benzene rings is 2. The van der Waals surface area contributed by atoms with Crippen molar-refractivity contribution in [3.8, 4) is 11.5 Å². The normalized spacial score (nSPS) is 10.8. The van der Waals surface area contributed by atoms with Crippen LogP contribution >= 0.6 is 0 Å². The van der Waals surface area contributed by atoms with E-state index in [1.165, 1.54) is 24.6 Å². The van der Waals surface area contributed by atoms with Gasteiger partial charge in [-0.15, -0.1) is 6.58 Å². The highest BCUT2D eigenvalue weighted by Crippen LogP contribution is 2.31. The van der Waals surface area contributed by atoms with E-state index in [1.54, 1.807) is 42.5 Å². The smallest absolute Gasteiger partial charge is 0.259 e. The van der Waals surface area contributed by atoms with Crippen molar-refractivity contribution in [2.45, 2.75) is 0 Å². The van der Waals surface area contributed by atoms with E-state index in [2.05, 4.69) is 11.9 Å². The number of ether oxygens (including phenoxy) is 2. The van der Waals surface area contributed by atoms with Crippen molar-refractivity contribution in [3.63, 3.8) is 0 Å². The summed E-state index contributed by atoms with van der Waals surface area (Å²) in [6.07, 6.45) is 2.61. The number of rotatable bonds is 8. The first-order chi connectivity index (χ1) is 12.8. The van der Waals surface area contributed by atoms with Gasteiger partial charge in [-0.2, -0.15) is 0 Å². The summed E-state index contributed by atoms with van der Waals surface area (Å²) < 4.78 is 35.7. The van der Waals surface area contributed by atoms with Gasteiger partial charge in [-0.05, 0) is 30.3 Å². The summed E-state index contributed by atoms with van der Waals surface area (Å²) in [6, 6.07) is 11.5. The molecule has 0 saturated heterocycles. The third-order valence-electron chi connectivity index (χ3n) is 3.73. The van der Waals surface area contributed by atoms with Crippen LogP contribution in [0.15, 0.2) is 55.1 Å². The van der Waals surface area contributed by atoms with Crippen LogP contribution in [0.5, 0.6) is 11.5 Å². The van der Waals surface area contributed by atoms with Crippen molar-refractivity contribution in [1.82, 2.24) is 0 Å². The van der Waals surface area contributed by atoms with Crippen molar-refractivity contribution in [2.24, 2.45) is 0 Å². The molecule has 0 aromatic heterocycles. The van der Waals surface area contributed by atoms with Crippen LogP contribution in [0.25, 0.3) is 0 Å². The van der Waals surface area contributed by atoms with E-state index in [0.29, 0.717) is 28.4 Å². The second-order valence-electron chi connectivity index (χ2n) is 5.63. The van der Waals surface area contributed by atoms with Crippen molar-refractivity contribution in [1.29, 1.82) is 0 Å². The highest BCUT2D eigenvalue weighted by molar-refractivity contribution is 7.92. The number of anilines is 2. The molecule has 2 aromatic rings. The van der Waals surface area contributed by atoms with Crippen LogP contribution in [-0.4, -0.2) is 41.3 Å². The molecule has 2 aromatic carbocycles. The number of sulfonamides is 1. The lowest BCUT2D eigenvalue weighted by Gasteiger charge is -2.21. The van der Waals surface area contributed by atoms with E-state index in [1.807, 2.05) is 0 Å². The SMILES string of the molecule is C=CCN(c1cccc(NC(=O)c2cccc(OC)c2OC)c1)S(C)(=O)=O. The maximum Gasteiger partial charge on any atom is 0.259 e. The molecule has 0 fully saturated rings. The Balaban J connectivity index is 2.34. The first kappa shape index (κ1) is 20.3. The van der Waals surface area contributed by atoms with Gasteiger partial charge in [0, 0.05) is 5.69 Å². The van der Waals surface area contributed by atoms with Crippen LogP contribution < -0.4 is 19.1 Å². The third-order valence-corrected chi connectivity index (χ3v) is 4.90. The summed E-state index contributed by atoms with van der Waals surface area (Å²) in [5.41, 5.74) is 1.17. The molecule has 1 N–H and O–H groups in total.